The quantitative estimate of drug-likeness (QED) is 0.615. The molecule has 3 rings (SSSR count). The van der Waals surface area contributed by atoms with Gasteiger partial charge in [-0.2, -0.15) is 4.99 Å². The fraction of sp³-hybridized carbons (Fsp3) is 0.500. The molecule has 0 unspecified atom stereocenters. The van der Waals surface area contributed by atoms with Crippen molar-refractivity contribution in [3.05, 3.63) is 28.3 Å². The summed E-state index contributed by atoms with van der Waals surface area (Å²) in [5.41, 5.74) is 1.69. The zero-order valence-electron chi connectivity index (χ0n) is 10.2. The molecule has 0 radical (unpaired) electrons. The number of carbonyl (C=O) groups excluding carboxylic acids is 1. The number of methoxy groups -OCH3 is 1. The van der Waals surface area contributed by atoms with Gasteiger partial charge in [0.15, 0.2) is 0 Å². The number of nitrogens with zero attached hydrogens (tertiary/aromatic N) is 1. The third-order valence-electron chi connectivity index (χ3n) is 3.82. The summed E-state index contributed by atoms with van der Waals surface area (Å²) in [4.78, 5) is 14.4. The SMILES string of the molecule is COc1cc(C2(N=C=O)CC2)cc(Cl)c1C1CC1. The highest BCUT2D eigenvalue weighted by atomic mass is 35.5. The summed E-state index contributed by atoms with van der Waals surface area (Å²) in [7, 11) is 1.66. The maximum absolute atomic E-state index is 10.5. The summed E-state index contributed by atoms with van der Waals surface area (Å²) in [5.74, 6) is 1.36. The first kappa shape index (κ1) is 11.8. The van der Waals surface area contributed by atoms with Crippen LogP contribution < -0.4 is 4.74 Å². The molecule has 3 nitrogen and oxygen atoms in total. The molecule has 2 fully saturated rings. The number of isocyanates is 1. The van der Waals surface area contributed by atoms with Gasteiger partial charge in [0.1, 0.15) is 5.75 Å². The number of hydrogen-bond acceptors (Lipinski definition) is 3. The van der Waals surface area contributed by atoms with Crippen molar-refractivity contribution in [1.29, 1.82) is 0 Å². The van der Waals surface area contributed by atoms with E-state index >= 15 is 0 Å². The van der Waals surface area contributed by atoms with Gasteiger partial charge in [-0.25, -0.2) is 4.79 Å². The summed E-state index contributed by atoms with van der Waals surface area (Å²) in [6.07, 6.45) is 5.77. The molecule has 0 amide bonds. The molecule has 2 aliphatic rings. The average Bonchev–Trinajstić information content (AvgIpc) is 3.22. The van der Waals surface area contributed by atoms with Gasteiger partial charge in [-0.15, -0.1) is 0 Å². The summed E-state index contributed by atoms with van der Waals surface area (Å²) in [6, 6.07) is 3.92. The van der Waals surface area contributed by atoms with Crippen LogP contribution in [0.2, 0.25) is 5.02 Å². The molecule has 0 bridgehead atoms. The molecule has 2 saturated carbocycles. The van der Waals surface area contributed by atoms with Crippen LogP contribution in [0.5, 0.6) is 5.75 Å². The van der Waals surface area contributed by atoms with E-state index in [1.165, 1.54) is 12.8 Å². The zero-order chi connectivity index (χ0) is 12.8. The maximum Gasteiger partial charge on any atom is 0.235 e. The van der Waals surface area contributed by atoms with Gasteiger partial charge in [-0.05, 0) is 49.3 Å². The van der Waals surface area contributed by atoms with E-state index in [0.717, 1.165) is 34.7 Å². The Hall–Kier alpha value is -1.31. The number of halogens is 1. The molecule has 1 aromatic rings. The predicted octanol–water partition coefficient (Wildman–Crippen LogP) is 3.55. The second-order valence-electron chi connectivity index (χ2n) is 5.08. The Morgan fingerprint density at radius 2 is 2.17 bits per heavy atom. The monoisotopic (exact) mass is 263 g/mol. The minimum absolute atomic E-state index is 0.388. The Morgan fingerprint density at radius 1 is 1.44 bits per heavy atom. The van der Waals surface area contributed by atoms with Gasteiger partial charge in [0.2, 0.25) is 6.08 Å². The van der Waals surface area contributed by atoms with Gasteiger partial charge < -0.3 is 4.74 Å². The molecule has 0 heterocycles. The molecular weight excluding hydrogens is 250 g/mol. The molecule has 0 N–H and O–H groups in total. The van der Waals surface area contributed by atoms with E-state index in [4.69, 9.17) is 16.3 Å². The van der Waals surface area contributed by atoms with Gasteiger partial charge in [0.05, 0.1) is 12.6 Å². The van der Waals surface area contributed by atoms with Crippen LogP contribution in [0.4, 0.5) is 0 Å². The second kappa shape index (κ2) is 4.11. The van der Waals surface area contributed by atoms with Crippen LogP contribution in [0, 0.1) is 0 Å². The lowest BCUT2D eigenvalue weighted by molar-refractivity contribution is 0.408. The number of benzene rings is 1. The molecular formula is C14H14ClNO2. The highest BCUT2D eigenvalue weighted by Crippen LogP contribution is 2.54. The van der Waals surface area contributed by atoms with Crippen molar-refractivity contribution < 1.29 is 9.53 Å². The smallest absolute Gasteiger partial charge is 0.235 e. The lowest BCUT2D eigenvalue weighted by atomic mass is 10.0. The third-order valence-corrected chi connectivity index (χ3v) is 4.13. The minimum atomic E-state index is -0.388. The van der Waals surface area contributed by atoms with Crippen molar-refractivity contribution in [2.45, 2.75) is 37.1 Å². The molecule has 0 spiro atoms. The summed E-state index contributed by atoms with van der Waals surface area (Å²) >= 11 is 6.36. The maximum atomic E-state index is 10.5. The third kappa shape index (κ3) is 1.84. The topological polar surface area (TPSA) is 38.7 Å². The van der Waals surface area contributed by atoms with Crippen LogP contribution in [0.25, 0.3) is 0 Å². The molecule has 0 atom stereocenters. The van der Waals surface area contributed by atoms with E-state index in [9.17, 15) is 4.79 Å². The highest BCUT2D eigenvalue weighted by molar-refractivity contribution is 6.31. The normalized spacial score (nSPS) is 20.1. The summed E-state index contributed by atoms with van der Waals surface area (Å²) < 4.78 is 5.44. The van der Waals surface area contributed by atoms with E-state index < -0.39 is 0 Å². The van der Waals surface area contributed by atoms with Crippen LogP contribution in [0.1, 0.15) is 42.7 Å². The van der Waals surface area contributed by atoms with Crippen LogP contribution in [-0.2, 0) is 10.3 Å². The number of ether oxygens (including phenoxy) is 1. The zero-order valence-corrected chi connectivity index (χ0v) is 11.0. The first-order valence-electron chi connectivity index (χ1n) is 6.17. The molecule has 0 aromatic heterocycles. The molecule has 94 valence electrons. The van der Waals surface area contributed by atoms with E-state index in [1.807, 2.05) is 12.1 Å². The van der Waals surface area contributed by atoms with E-state index in [-0.39, 0.29) is 5.54 Å². The Labute approximate surface area is 111 Å². The van der Waals surface area contributed by atoms with Gasteiger partial charge in [-0.1, -0.05) is 11.6 Å². The Kier molecular flexibility index (Phi) is 2.69. The Bertz CT molecular complexity index is 541. The highest BCUT2D eigenvalue weighted by Gasteiger charge is 2.46. The lowest BCUT2D eigenvalue weighted by Gasteiger charge is -2.15. The Morgan fingerprint density at radius 3 is 2.67 bits per heavy atom. The molecule has 1 aromatic carbocycles. The van der Waals surface area contributed by atoms with Crippen molar-refractivity contribution in [3.63, 3.8) is 0 Å². The minimum Gasteiger partial charge on any atom is -0.496 e. The van der Waals surface area contributed by atoms with E-state index in [0.29, 0.717) is 5.92 Å². The number of aliphatic imine (C=N–C) groups is 1. The van der Waals surface area contributed by atoms with E-state index in [2.05, 4.69) is 4.99 Å². The predicted molar refractivity (Wildman–Crippen MR) is 69.0 cm³/mol. The first-order valence-corrected chi connectivity index (χ1v) is 6.55. The van der Waals surface area contributed by atoms with E-state index in [1.54, 1.807) is 13.2 Å². The van der Waals surface area contributed by atoms with Gasteiger partial charge in [0.25, 0.3) is 0 Å². The standard InChI is InChI=1S/C14H14ClNO2/c1-18-12-7-10(14(4-5-14)16-8-17)6-11(15)13(12)9-2-3-9/h6-7,9H,2-5H2,1H3. The molecule has 0 aliphatic heterocycles. The van der Waals surface area contributed by atoms with Crippen molar-refractivity contribution in [2.75, 3.05) is 7.11 Å². The van der Waals surface area contributed by atoms with Gasteiger partial charge in [-0.3, -0.25) is 0 Å². The van der Waals surface area contributed by atoms with Gasteiger partial charge in [0, 0.05) is 10.6 Å². The summed E-state index contributed by atoms with van der Waals surface area (Å²) in [5, 5.41) is 0.735. The fourth-order valence-electron chi connectivity index (χ4n) is 2.47. The number of rotatable bonds is 4. The van der Waals surface area contributed by atoms with Crippen LogP contribution in [-0.4, -0.2) is 13.2 Å². The van der Waals surface area contributed by atoms with Crippen LogP contribution in [0.3, 0.4) is 0 Å². The Balaban J connectivity index is 2.07. The molecule has 0 saturated heterocycles. The largest absolute Gasteiger partial charge is 0.496 e. The first-order chi connectivity index (χ1) is 8.70. The van der Waals surface area contributed by atoms with Crippen molar-refractivity contribution >= 4 is 17.7 Å². The van der Waals surface area contributed by atoms with Crippen molar-refractivity contribution in [3.8, 4) is 5.75 Å². The molecule has 18 heavy (non-hydrogen) atoms. The fourth-order valence-corrected chi connectivity index (χ4v) is 2.83. The van der Waals surface area contributed by atoms with Crippen molar-refractivity contribution in [2.24, 2.45) is 4.99 Å². The lowest BCUT2D eigenvalue weighted by Crippen LogP contribution is -2.04. The summed E-state index contributed by atoms with van der Waals surface area (Å²) in [6.45, 7) is 0. The average molecular weight is 264 g/mol. The van der Waals surface area contributed by atoms with Crippen LogP contribution >= 0.6 is 11.6 Å². The van der Waals surface area contributed by atoms with Gasteiger partial charge >= 0.3 is 0 Å². The second-order valence-corrected chi connectivity index (χ2v) is 5.49. The van der Waals surface area contributed by atoms with Crippen LogP contribution in [0.15, 0.2) is 17.1 Å². The number of hydrogen-bond donors (Lipinski definition) is 0. The van der Waals surface area contributed by atoms with Crippen molar-refractivity contribution in [1.82, 2.24) is 0 Å². The molecule has 4 heteroatoms. The molecule has 2 aliphatic carbocycles.